The SMILES string of the molecule is CCOC(CN(Cc1cccc2ccccc12)C(=O)[C@H](Cc1ccc(OC(C)(C)C)cc1)NC(=O)C[C@H](CO[Si](C)(C)C(C)(C)C)NC(=O)NCc1ccccc1)OCC. The zero-order valence-corrected chi connectivity index (χ0v) is 38.4. The summed E-state index contributed by atoms with van der Waals surface area (Å²) >= 11 is 0. The molecule has 60 heavy (non-hydrogen) atoms. The molecule has 0 aromatic heterocycles. The normalized spacial score (nSPS) is 13.1. The van der Waals surface area contributed by atoms with Gasteiger partial charge in [-0.25, -0.2) is 4.79 Å². The zero-order chi connectivity index (χ0) is 43.9. The highest BCUT2D eigenvalue weighted by atomic mass is 28.4. The lowest BCUT2D eigenvalue weighted by Crippen LogP contribution is -2.53. The first-order valence-electron chi connectivity index (χ1n) is 21.2. The highest BCUT2D eigenvalue weighted by molar-refractivity contribution is 6.74. The van der Waals surface area contributed by atoms with Gasteiger partial charge in [0.2, 0.25) is 11.8 Å². The monoisotopic (exact) mass is 840 g/mol. The summed E-state index contributed by atoms with van der Waals surface area (Å²) < 4.78 is 24.5. The van der Waals surface area contributed by atoms with E-state index < -0.39 is 38.6 Å². The van der Waals surface area contributed by atoms with E-state index >= 15 is 4.79 Å². The van der Waals surface area contributed by atoms with Crippen molar-refractivity contribution in [2.75, 3.05) is 26.4 Å². The van der Waals surface area contributed by atoms with Crippen molar-refractivity contribution < 1.29 is 33.0 Å². The summed E-state index contributed by atoms with van der Waals surface area (Å²) in [5, 5.41) is 11.0. The molecule has 0 unspecified atom stereocenters. The van der Waals surface area contributed by atoms with E-state index in [1.165, 1.54) is 0 Å². The molecule has 2 atom stereocenters. The Morgan fingerprint density at radius 1 is 0.750 bits per heavy atom. The van der Waals surface area contributed by atoms with Gasteiger partial charge in [0.15, 0.2) is 14.6 Å². The molecular weight excluding hydrogens is 773 g/mol. The van der Waals surface area contributed by atoms with Gasteiger partial charge < -0.3 is 39.5 Å². The molecule has 0 spiro atoms. The number of ether oxygens (including phenoxy) is 3. The van der Waals surface area contributed by atoms with E-state index in [1.807, 2.05) is 132 Å². The first-order chi connectivity index (χ1) is 28.4. The Morgan fingerprint density at radius 3 is 2.02 bits per heavy atom. The minimum absolute atomic E-state index is 0.0886. The first kappa shape index (κ1) is 47.9. The maximum absolute atomic E-state index is 15.0. The van der Waals surface area contributed by atoms with Crippen molar-refractivity contribution in [1.82, 2.24) is 20.9 Å². The number of urea groups is 1. The summed E-state index contributed by atoms with van der Waals surface area (Å²) in [5.74, 6) is 0.0102. The number of carbonyl (C=O) groups is 3. The minimum atomic E-state index is -2.26. The molecule has 4 aromatic rings. The Balaban J connectivity index is 1.66. The van der Waals surface area contributed by atoms with E-state index in [4.69, 9.17) is 18.6 Å². The Hall–Kier alpha value is -4.75. The summed E-state index contributed by atoms with van der Waals surface area (Å²) in [4.78, 5) is 44.3. The van der Waals surface area contributed by atoms with Crippen LogP contribution < -0.4 is 20.7 Å². The molecule has 4 rings (SSSR count). The van der Waals surface area contributed by atoms with Crippen molar-refractivity contribution in [2.24, 2.45) is 0 Å². The fourth-order valence-electron chi connectivity index (χ4n) is 6.45. The molecule has 0 fully saturated rings. The Bertz CT molecular complexity index is 1950. The molecule has 0 bridgehead atoms. The predicted octanol–water partition coefficient (Wildman–Crippen LogP) is 8.75. The van der Waals surface area contributed by atoms with Crippen molar-refractivity contribution in [3.8, 4) is 5.75 Å². The molecule has 11 nitrogen and oxygen atoms in total. The zero-order valence-electron chi connectivity index (χ0n) is 37.4. The molecule has 3 N–H and O–H groups in total. The van der Waals surface area contributed by atoms with Crippen LogP contribution in [-0.2, 0) is 43.0 Å². The first-order valence-corrected chi connectivity index (χ1v) is 24.1. The molecule has 0 aliphatic heterocycles. The third-order valence-electron chi connectivity index (χ3n) is 10.6. The molecular formula is C48H68N4O7Si. The number of nitrogens with zero attached hydrogens (tertiary/aromatic N) is 1. The third-order valence-corrected chi connectivity index (χ3v) is 15.1. The molecule has 0 saturated heterocycles. The Labute approximate surface area is 359 Å². The van der Waals surface area contributed by atoms with E-state index in [0.717, 1.165) is 27.5 Å². The fourth-order valence-corrected chi connectivity index (χ4v) is 7.50. The number of fused-ring (bicyclic) bond motifs is 1. The van der Waals surface area contributed by atoms with Crippen LogP contribution in [0.1, 0.15) is 78.5 Å². The summed E-state index contributed by atoms with van der Waals surface area (Å²) in [6.45, 7) is 22.1. The number of amides is 4. The fraction of sp³-hybridized carbons (Fsp3) is 0.479. The van der Waals surface area contributed by atoms with Crippen LogP contribution in [0.3, 0.4) is 0 Å². The lowest BCUT2D eigenvalue weighted by molar-refractivity contribution is -0.161. The van der Waals surface area contributed by atoms with Crippen molar-refractivity contribution in [1.29, 1.82) is 0 Å². The average molecular weight is 841 g/mol. The lowest BCUT2D eigenvalue weighted by atomic mass is 10.0. The summed E-state index contributed by atoms with van der Waals surface area (Å²) in [6, 6.07) is 29.3. The maximum Gasteiger partial charge on any atom is 0.315 e. The van der Waals surface area contributed by atoms with Gasteiger partial charge in [-0.1, -0.05) is 106 Å². The molecule has 12 heteroatoms. The van der Waals surface area contributed by atoms with Gasteiger partial charge in [0, 0.05) is 39.1 Å². The van der Waals surface area contributed by atoms with Crippen LogP contribution in [0.2, 0.25) is 18.1 Å². The molecule has 4 amide bonds. The van der Waals surface area contributed by atoms with Gasteiger partial charge >= 0.3 is 6.03 Å². The van der Waals surface area contributed by atoms with Gasteiger partial charge in [-0.3, -0.25) is 9.59 Å². The standard InChI is InChI=1S/C48H68N4O7Si/c1-11-56-44(57-12-2)33-52(32-38-23-18-22-37-21-16-17-24-41(37)38)45(54)42(29-35-25-27-40(28-26-35)59-47(3,4)5)51-43(53)30-39(34-58-60(9,10)48(6,7)8)50-46(55)49-31-36-19-14-13-15-20-36/h13-28,39,42,44H,11-12,29-34H2,1-10H3,(H,51,53)(H2,49,50,55)/t39-,42+/m1/s1. The number of carbonyl (C=O) groups excluding carboxylic acids is 3. The van der Waals surface area contributed by atoms with Crippen LogP contribution in [0, 0.1) is 0 Å². The Morgan fingerprint density at radius 2 is 1.38 bits per heavy atom. The highest BCUT2D eigenvalue weighted by Gasteiger charge is 2.38. The van der Waals surface area contributed by atoms with E-state index in [2.05, 4.69) is 49.8 Å². The van der Waals surface area contributed by atoms with Crippen LogP contribution >= 0.6 is 0 Å². The molecule has 0 radical (unpaired) electrons. The molecule has 0 aliphatic rings. The van der Waals surface area contributed by atoms with Gasteiger partial charge in [-0.15, -0.1) is 0 Å². The molecule has 0 heterocycles. The second-order valence-electron chi connectivity index (χ2n) is 17.7. The molecule has 0 aliphatic carbocycles. The maximum atomic E-state index is 15.0. The third kappa shape index (κ3) is 15.4. The smallest absolute Gasteiger partial charge is 0.315 e. The number of nitrogens with one attached hydrogen (secondary N) is 3. The van der Waals surface area contributed by atoms with Crippen LogP contribution in [-0.4, -0.2) is 81.4 Å². The van der Waals surface area contributed by atoms with Gasteiger partial charge in [0.1, 0.15) is 17.4 Å². The number of hydrogen-bond donors (Lipinski definition) is 3. The number of benzene rings is 4. The molecule has 0 saturated carbocycles. The molecule has 4 aromatic carbocycles. The van der Waals surface area contributed by atoms with E-state index in [9.17, 15) is 9.59 Å². The summed E-state index contributed by atoms with van der Waals surface area (Å²) in [6.07, 6.45) is -0.588. The molecule has 326 valence electrons. The van der Waals surface area contributed by atoms with Crippen LogP contribution in [0.25, 0.3) is 10.8 Å². The topological polar surface area (TPSA) is 127 Å². The lowest BCUT2D eigenvalue weighted by Gasteiger charge is -2.37. The second kappa shape index (κ2) is 22.2. The van der Waals surface area contributed by atoms with E-state index in [1.54, 1.807) is 4.90 Å². The van der Waals surface area contributed by atoms with Gasteiger partial charge in [-0.05, 0) is 92.3 Å². The largest absolute Gasteiger partial charge is 0.488 e. The second-order valence-corrected chi connectivity index (χ2v) is 22.5. The number of hydrogen-bond acceptors (Lipinski definition) is 7. The number of rotatable bonds is 21. The van der Waals surface area contributed by atoms with Crippen molar-refractivity contribution >= 4 is 36.9 Å². The van der Waals surface area contributed by atoms with Gasteiger partial charge in [0.25, 0.3) is 0 Å². The van der Waals surface area contributed by atoms with E-state index in [0.29, 0.717) is 25.5 Å². The van der Waals surface area contributed by atoms with Crippen LogP contribution in [0.4, 0.5) is 4.79 Å². The minimum Gasteiger partial charge on any atom is -0.488 e. The quantitative estimate of drug-likeness (QED) is 0.0566. The average Bonchev–Trinajstić information content (AvgIpc) is 3.19. The van der Waals surface area contributed by atoms with Crippen LogP contribution in [0.15, 0.2) is 97.1 Å². The predicted molar refractivity (Wildman–Crippen MR) is 242 cm³/mol. The van der Waals surface area contributed by atoms with E-state index in [-0.39, 0.29) is 49.1 Å². The summed E-state index contributed by atoms with van der Waals surface area (Å²) in [7, 11) is -2.26. The Kier molecular flexibility index (Phi) is 17.7. The van der Waals surface area contributed by atoms with Gasteiger partial charge in [0.05, 0.1) is 19.2 Å². The van der Waals surface area contributed by atoms with Crippen LogP contribution in [0.5, 0.6) is 5.75 Å². The van der Waals surface area contributed by atoms with Crippen molar-refractivity contribution in [3.63, 3.8) is 0 Å². The summed E-state index contributed by atoms with van der Waals surface area (Å²) in [5.41, 5.74) is 2.35. The van der Waals surface area contributed by atoms with Gasteiger partial charge in [-0.2, -0.15) is 0 Å². The van der Waals surface area contributed by atoms with Crippen molar-refractivity contribution in [3.05, 3.63) is 114 Å². The highest BCUT2D eigenvalue weighted by Crippen LogP contribution is 2.36. The van der Waals surface area contributed by atoms with Crippen molar-refractivity contribution in [2.45, 2.75) is 123 Å².